The van der Waals surface area contributed by atoms with E-state index in [0.29, 0.717) is 12.1 Å². The zero-order valence-corrected chi connectivity index (χ0v) is 9.50. The molecule has 0 atom stereocenters. The van der Waals surface area contributed by atoms with Gasteiger partial charge in [-0.1, -0.05) is 0 Å². The first-order chi connectivity index (χ1) is 6.16. The lowest BCUT2D eigenvalue weighted by Crippen LogP contribution is -2.10. The first-order valence-electron chi connectivity index (χ1n) is 4.67. The van der Waals surface area contributed by atoms with E-state index in [9.17, 15) is 0 Å². The van der Waals surface area contributed by atoms with Gasteiger partial charge in [-0.05, 0) is 42.6 Å². The third-order valence-electron chi connectivity index (χ3n) is 2.17. The lowest BCUT2D eigenvalue weighted by atomic mass is 10.4. The number of imidazole rings is 1. The van der Waals surface area contributed by atoms with Gasteiger partial charge in [0.1, 0.15) is 4.60 Å². The first kappa shape index (κ1) is 9.06. The van der Waals surface area contributed by atoms with Crippen LogP contribution in [0.2, 0.25) is 0 Å². The van der Waals surface area contributed by atoms with Crippen LogP contribution in [0.25, 0.3) is 0 Å². The Morgan fingerprint density at radius 2 is 2.31 bits per heavy atom. The van der Waals surface area contributed by atoms with Crippen molar-refractivity contribution in [3.63, 3.8) is 0 Å². The van der Waals surface area contributed by atoms with Crippen LogP contribution in [0.1, 0.15) is 32.7 Å². The molecule has 0 amide bonds. The summed E-state index contributed by atoms with van der Waals surface area (Å²) >= 11 is 3.39. The highest BCUT2D eigenvalue weighted by molar-refractivity contribution is 9.10. The van der Waals surface area contributed by atoms with Gasteiger partial charge in [0.15, 0.2) is 0 Å². The van der Waals surface area contributed by atoms with Crippen molar-refractivity contribution in [1.29, 1.82) is 0 Å². The molecule has 1 heterocycles. The maximum absolute atomic E-state index is 4.38. The van der Waals surface area contributed by atoms with Gasteiger partial charge in [0, 0.05) is 18.3 Å². The molecule has 1 aliphatic carbocycles. The summed E-state index contributed by atoms with van der Waals surface area (Å²) in [5.74, 6) is 0.990. The van der Waals surface area contributed by atoms with E-state index in [-0.39, 0.29) is 0 Å². The fourth-order valence-corrected chi connectivity index (χ4v) is 1.66. The number of halogens is 1. The van der Waals surface area contributed by atoms with E-state index in [0.717, 1.165) is 10.6 Å². The van der Waals surface area contributed by atoms with E-state index in [2.05, 4.69) is 44.6 Å². The maximum atomic E-state index is 4.38. The Morgan fingerprint density at radius 3 is 2.85 bits per heavy atom. The van der Waals surface area contributed by atoms with E-state index in [1.54, 1.807) is 0 Å². The minimum absolute atomic E-state index is 0.458. The molecule has 0 aromatic carbocycles. The molecule has 1 aliphatic rings. The van der Waals surface area contributed by atoms with Crippen molar-refractivity contribution in [3.8, 4) is 0 Å². The Morgan fingerprint density at radius 1 is 1.62 bits per heavy atom. The first-order valence-corrected chi connectivity index (χ1v) is 5.47. The summed E-state index contributed by atoms with van der Waals surface area (Å²) in [5, 5.41) is 3.41. The number of hydrogen-bond donors (Lipinski definition) is 1. The van der Waals surface area contributed by atoms with Gasteiger partial charge >= 0.3 is 0 Å². The van der Waals surface area contributed by atoms with Crippen LogP contribution < -0.4 is 5.32 Å². The Kier molecular flexibility index (Phi) is 2.32. The number of nitrogens with one attached hydrogen (secondary N) is 1. The van der Waals surface area contributed by atoms with Crippen LogP contribution in [-0.4, -0.2) is 15.6 Å². The Hall–Kier alpha value is -0.510. The number of hydrogen-bond acceptors (Lipinski definition) is 2. The summed E-state index contributed by atoms with van der Waals surface area (Å²) in [6.07, 6.45) is 4.58. The molecule has 1 aromatic heterocycles. The smallest absolute Gasteiger partial charge is 0.204 e. The van der Waals surface area contributed by atoms with Crippen LogP contribution in [0.4, 0.5) is 5.95 Å². The van der Waals surface area contributed by atoms with Crippen molar-refractivity contribution in [2.45, 2.75) is 38.8 Å². The summed E-state index contributed by atoms with van der Waals surface area (Å²) in [6, 6.07) is 1.12. The predicted octanol–water partition coefficient (Wildman–Crippen LogP) is 2.80. The van der Waals surface area contributed by atoms with Crippen molar-refractivity contribution < 1.29 is 0 Å². The molecule has 13 heavy (non-hydrogen) atoms. The van der Waals surface area contributed by atoms with Gasteiger partial charge in [-0.2, -0.15) is 0 Å². The van der Waals surface area contributed by atoms with Gasteiger partial charge in [-0.25, -0.2) is 4.98 Å². The van der Waals surface area contributed by atoms with E-state index in [1.165, 1.54) is 12.8 Å². The number of anilines is 1. The summed E-state index contributed by atoms with van der Waals surface area (Å²) in [5.41, 5.74) is 0. The molecule has 1 saturated carbocycles. The van der Waals surface area contributed by atoms with Crippen LogP contribution in [-0.2, 0) is 0 Å². The van der Waals surface area contributed by atoms with E-state index < -0.39 is 0 Å². The number of aromatic nitrogens is 2. The van der Waals surface area contributed by atoms with Crippen LogP contribution in [0.5, 0.6) is 0 Å². The van der Waals surface area contributed by atoms with E-state index in [4.69, 9.17) is 0 Å². The second-order valence-corrected chi connectivity index (χ2v) is 4.62. The minimum Gasteiger partial charge on any atom is -0.353 e. The molecule has 0 spiro atoms. The van der Waals surface area contributed by atoms with Crippen LogP contribution in [0.15, 0.2) is 10.8 Å². The van der Waals surface area contributed by atoms with Gasteiger partial charge in [-0.3, -0.25) is 0 Å². The van der Waals surface area contributed by atoms with Crippen molar-refractivity contribution in [3.05, 3.63) is 10.8 Å². The van der Waals surface area contributed by atoms with Gasteiger partial charge in [0.05, 0.1) is 0 Å². The van der Waals surface area contributed by atoms with Crippen LogP contribution >= 0.6 is 15.9 Å². The summed E-state index contributed by atoms with van der Waals surface area (Å²) in [6.45, 7) is 4.32. The molecule has 0 bridgehead atoms. The van der Waals surface area contributed by atoms with Crippen LogP contribution in [0.3, 0.4) is 0 Å². The molecular formula is C9H14BrN3. The van der Waals surface area contributed by atoms with Crippen molar-refractivity contribution in [2.75, 3.05) is 5.32 Å². The molecule has 4 heteroatoms. The normalized spacial score (nSPS) is 16.6. The van der Waals surface area contributed by atoms with Gasteiger partial charge < -0.3 is 9.88 Å². The molecule has 3 nitrogen and oxygen atoms in total. The number of nitrogens with zero attached hydrogens (tertiary/aromatic N) is 2. The molecule has 72 valence electrons. The molecule has 0 aliphatic heterocycles. The Labute approximate surface area is 86.7 Å². The summed E-state index contributed by atoms with van der Waals surface area (Å²) in [4.78, 5) is 4.38. The standard InChI is InChI=1S/C9H14BrN3/c1-6(2)13-5-8(10)12-9(13)11-7-3-4-7/h5-7H,3-4H2,1-2H3,(H,11,12). The minimum atomic E-state index is 0.458. The van der Waals surface area contributed by atoms with Gasteiger partial charge in [0.25, 0.3) is 0 Å². The highest BCUT2D eigenvalue weighted by atomic mass is 79.9. The van der Waals surface area contributed by atoms with Crippen molar-refractivity contribution in [2.24, 2.45) is 0 Å². The van der Waals surface area contributed by atoms with Gasteiger partial charge in [-0.15, -0.1) is 0 Å². The zero-order chi connectivity index (χ0) is 9.42. The molecule has 1 aromatic rings. The van der Waals surface area contributed by atoms with E-state index >= 15 is 0 Å². The average molecular weight is 244 g/mol. The monoisotopic (exact) mass is 243 g/mol. The molecule has 0 saturated heterocycles. The van der Waals surface area contributed by atoms with E-state index in [1.807, 2.05) is 6.20 Å². The molecule has 2 rings (SSSR count). The quantitative estimate of drug-likeness (QED) is 0.885. The highest BCUT2D eigenvalue weighted by Gasteiger charge is 2.23. The Balaban J connectivity index is 2.19. The van der Waals surface area contributed by atoms with Crippen molar-refractivity contribution >= 4 is 21.9 Å². The Bertz CT molecular complexity index is 302. The predicted molar refractivity (Wildman–Crippen MR) is 57.0 cm³/mol. The zero-order valence-electron chi connectivity index (χ0n) is 7.92. The van der Waals surface area contributed by atoms with Gasteiger partial charge in [0.2, 0.25) is 5.95 Å². The van der Waals surface area contributed by atoms with Crippen molar-refractivity contribution in [1.82, 2.24) is 9.55 Å². The lowest BCUT2D eigenvalue weighted by Gasteiger charge is -2.11. The summed E-state index contributed by atoms with van der Waals surface area (Å²) in [7, 11) is 0. The third kappa shape index (κ3) is 2.05. The third-order valence-corrected chi connectivity index (χ3v) is 2.55. The molecule has 1 N–H and O–H groups in total. The molecule has 0 unspecified atom stereocenters. The fraction of sp³-hybridized carbons (Fsp3) is 0.667. The topological polar surface area (TPSA) is 29.9 Å². The largest absolute Gasteiger partial charge is 0.353 e. The lowest BCUT2D eigenvalue weighted by molar-refractivity contribution is 0.604. The number of rotatable bonds is 3. The maximum Gasteiger partial charge on any atom is 0.204 e. The fourth-order valence-electron chi connectivity index (χ4n) is 1.27. The highest BCUT2D eigenvalue weighted by Crippen LogP contribution is 2.26. The molecular weight excluding hydrogens is 230 g/mol. The average Bonchev–Trinajstić information content (AvgIpc) is 2.75. The molecule has 0 radical (unpaired) electrons. The second kappa shape index (κ2) is 3.33. The molecule has 1 fully saturated rings. The second-order valence-electron chi connectivity index (χ2n) is 3.81. The van der Waals surface area contributed by atoms with Crippen LogP contribution in [0, 0.1) is 0 Å². The SMILES string of the molecule is CC(C)n1cc(Br)nc1NC1CC1. The summed E-state index contributed by atoms with van der Waals surface area (Å²) < 4.78 is 3.06.